The number of carbonyl (C=O) groups excluding carboxylic acids is 1. The van der Waals surface area contributed by atoms with Gasteiger partial charge in [-0.2, -0.15) is 0 Å². The van der Waals surface area contributed by atoms with Crippen LogP contribution in [0.4, 0.5) is 4.79 Å². The zero-order valence-corrected chi connectivity index (χ0v) is 8.90. The zero-order chi connectivity index (χ0) is 11.4. The van der Waals surface area contributed by atoms with Crippen LogP contribution in [0.3, 0.4) is 0 Å². The van der Waals surface area contributed by atoms with Crippen molar-refractivity contribution in [2.45, 2.75) is 25.4 Å². The van der Waals surface area contributed by atoms with Gasteiger partial charge in [-0.05, 0) is 13.3 Å². The van der Waals surface area contributed by atoms with Crippen LogP contribution in [0.1, 0.15) is 13.3 Å². The molecule has 0 radical (unpaired) electrons. The van der Waals surface area contributed by atoms with Gasteiger partial charge in [0.2, 0.25) is 0 Å². The number of alkyl carbamates (subject to hydrolysis) is 1. The second-order valence-corrected chi connectivity index (χ2v) is 3.63. The summed E-state index contributed by atoms with van der Waals surface area (Å²) < 4.78 is 4.47. The van der Waals surface area contributed by atoms with Gasteiger partial charge in [-0.1, -0.05) is 0 Å². The van der Waals surface area contributed by atoms with E-state index in [0.717, 1.165) is 6.42 Å². The van der Waals surface area contributed by atoms with Crippen LogP contribution in [0.2, 0.25) is 0 Å². The van der Waals surface area contributed by atoms with Crippen LogP contribution in [0, 0.1) is 0 Å². The van der Waals surface area contributed by atoms with Gasteiger partial charge in [0.05, 0.1) is 7.11 Å². The van der Waals surface area contributed by atoms with Crippen LogP contribution in [-0.4, -0.2) is 54.4 Å². The van der Waals surface area contributed by atoms with Crippen molar-refractivity contribution >= 4 is 12.1 Å². The first-order valence-electron chi connectivity index (χ1n) is 4.86. The molecule has 0 spiro atoms. The van der Waals surface area contributed by atoms with E-state index in [2.05, 4.69) is 10.1 Å². The smallest absolute Gasteiger partial charge is 0.407 e. The lowest BCUT2D eigenvalue weighted by Gasteiger charge is -2.20. The standard InChI is InChI=1S/C9H16N2O4/c1-6(8(12)13)11-4-3-7(5-11)10-9(14)15-2/h6-7H,3-5H2,1-2H3,(H,10,14)(H,12,13). The number of rotatable bonds is 3. The largest absolute Gasteiger partial charge is 0.480 e. The Morgan fingerprint density at radius 2 is 2.27 bits per heavy atom. The second kappa shape index (κ2) is 4.97. The SMILES string of the molecule is COC(=O)NC1CCN(C(C)C(=O)O)C1. The molecule has 0 aromatic rings. The number of amides is 1. The van der Waals surface area contributed by atoms with Crippen molar-refractivity contribution in [3.05, 3.63) is 0 Å². The van der Waals surface area contributed by atoms with Gasteiger partial charge in [-0.15, -0.1) is 0 Å². The molecule has 1 fully saturated rings. The Kier molecular flexibility index (Phi) is 3.90. The van der Waals surface area contributed by atoms with E-state index >= 15 is 0 Å². The van der Waals surface area contributed by atoms with Crippen LogP contribution in [0.25, 0.3) is 0 Å². The summed E-state index contributed by atoms with van der Waals surface area (Å²) >= 11 is 0. The van der Waals surface area contributed by atoms with Gasteiger partial charge >= 0.3 is 12.1 Å². The summed E-state index contributed by atoms with van der Waals surface area (Å²) in [6.07, 6.45) is 0.289. The molecule has 2 unspecified atom stereocenters. The van der Waals surface area contributed by atoms with E-state index in [0.29, 0.717) is 13.1 Å². The summed E-state index contributed by atoms with van der Waals surface area (Å²) in [4.78, 5) is 23.5. The average molecular weight is 216 g/mol. The molecule has 2 atom stereocenters. The van der Waals surface area contributed by atoms with Crippen molar-refractivity contribution in [2.75, 3.05) is 20.2 Å². The number of hydrogen-bond donors (Lipinski definition) is 2. The van der Waals surface area contributed by atoms with Crippen LogP contribution in [0.15, 0.2) is 0 Å². The molecule has 0 aromatic heterocycles. The van der Waals surface area contributed by atoms with E-state index in [1.165, 1.54) is 7.11 Å². The summed E-state index contributed by atoms with van der Waals surface area (Å²) in [5.41, 5.74) is 0. The highest BCUT2D eigenvalue weighted by atomic mass is 16.5. The fourth-order valence-corrected chi connectivity index (χ4v) is 1.64. The molecule has 15 heavy (non-hydrogen) atoms. The first-order chi connectivity index (χ1) is 7.04. The van der Waals surface area contributed by atoms with Crippen LogP contribution in [-0.2, 0) is 9.53 Å². The highest BCUT2D eigenvalue weighted by molar-refractivity contribution is 5.73. The Labute approximate surface area is 88.2 Å². The number of ether oxygens (including phenoxy) is 1. The molecular formula is C9H16N2O4. The molecule has 1 saturated heterocycles. The lowest BCUT2D eigenvalue weighted by Crippen LogP contribution is -2.41. The number of nitrogens with one attached hydrogen (secondary N) is 1. The third kappa shape index (κ3) is 3.09. The molecular weight excluding hydrogens is 200 g/mol. The summed E-state index contributed by atoms with van der Waals surface area (Å²) in [5.74, 6) is -0.839. The fourth-order valence-electron chi connectivity index (χ4n) is 1.64. The van der Waals surface area contributed by atoms with Gasteiger partial charge in [-0.3, -0.25) is 9.69 Å². The highest BCUT2D eigenvalue weighted by Crippen LogP contribution is 2.12. The number of aliphatic carboxylic acids is 1. The minimum Gasteiger partial charge on any atom is -0.480 e. The Balaban J connectivity index is 2.38. The van der Waals surface area contributed by atoms with E-state index in [4.69, 9.17) is 5.11 Å². The predicted molar refractivity (Wildman–Crippen MR) is 52.6 cm³/mol. The van der Waals surface area contributed by atoms with Crippen LogP contribution in [0.5, 0.6) is 0 Å². The van der Waals surface area contributed by atoms with E-state index in [1.807, 2.05) is 4.90 Å². The number of methoxy groups -OCH3 is 1. The summed E-state index contributed by atoms with van der Waals surface area (Å²) in [5, 5.41) is 11.5. The van der Waals surface area contributed by atoms with Crippen molar-refractivity contribution in [2.24, 2.45) is 0 Å². The van der Waals surface area contributed by atoms with E-state index in [9.17, 15) is 9.59 Å². The predicted octanol–water partition coefficient (Wildman–Crippen LogP) is -0.110. The summed E-state index contributed by atoms with van der Waals surface area (Å²) in [6, 6.07) is -0.520. The lowest BCUT2D eigenvalue weighted by molar-refractivity contribution is -0.142. The molecule has 6 heteroatoms. The molecule has 1 aliphatic rings. The summed E-state index contributed by atoms with van der Waals surface area (Å²) in [7, 11) is 1.31. The molecule has 2 N–H and O–H groups in total. The number of hydrogen-bond acceptors (Lipinski definition) is 4. The topological polar surface area (TPSA) is 78.9 Å². The third-order valence-corrected chi connectivity index (χ3v) is 2.63. The van der Waals surface area contributed by atoms with Gasteiger partial charge < -0.3 is 15.2 Å². The number of likely N-dealkylation sites (tertiary alicyclic amines) is 1. The summed E-state index contributed by atoms with van der Waals surface area (Å²) in [6.45, 7) is 2.88. The molecule has 6 nitrogen and oxygen atoms in total. The lowest BCUT2D eigenvalue weighted by atomic mass is 10.3. The van der Waals surface area contributed by atoms with Crippen LogP contribution < -0.4 is 5.32 Å². The van der Waals surface area contributed by atoms with E-state index < -0.39 is 18.1 Å². The first-order valence-corrected chi connectivity index (χ1v) is 4.86. The van der Waals surface area contributed by atoms with Gasteiger partial charge in [-0.25, -0.2) is 4.79 Å². The van der Waals surface area contributed by atoms with Gasteiger partial charge in [0, 0.05) is 19.1 Å². The van der Waals surface area contributed by atoms with Gasteiger partial charge in [0.1, 0.15) is 6.04 Å². The Morgan fingerprint density at radius 3 is 2.80 bits per heavy atom. The quantitative estimate of drug-likeness (QED) is 0.688. The molecule has 1 amide bonds. The number of carboxylic acids is 1. The molecule has 1 aliphatic heterocycles. The average Bonchev–Trinajstić information content (AvgIpc) is 2.64. The molecule has 86 valence electrons. The molecule has 0 saturated carbocycles. The zero-order valence-electron chi connectivity index (χ0n) is 8.90. The Bertz CT molecular complexity index is 256. The Morgan fingerprint density at radius 1 is 1.60 bits per heavy atom. The normalized spacial score (nSPS) is 23.5. The molecule has 0 bridgehead atoms. The van der Waals surface area contributed by atoms with Crippen molar-refractivity contribution in [1.29, 1.82) is 0 Å². The number of nitrogens with zero attached hydrogens (tertiary/aromatic N) is 1. The minimum atomic E-state index is -0.839. The molecule has 0 aromatic carbocycles. The maximum absolute atomic E-state index is 10.9. The van der Waals surface area contributed by atoms with Gasteiger partial charge in [0.25, 0.3) is 0 Å². The van der Waals surface area contributed by atoms with Gasteiger partial charge in [0.15, 0.2) is 0 Å². The Hall–Kier alpha value is -1.30. The number of carbonyl (C=O) groups is 2. The fraction of sp³-hybridized carbons (Fsp3) is 0.778. The molecule has 1 rings (SSSR count). The monoisotopic (exact) mass is 216 g/mol. The number of carboxylic acid groups (broad SMARTS) is 1. The van der Waals surface area contributed by atoms with Crippen molar-refractivity contribution in [3.63, 3.8) is 0 Å². The van der Waals surface area contributed by atoms with Crippen LogP contribution >= 0.6 is 0 Å². The third-order valence-electron chi connectivity index (χ3n) is 2.63. The van der Waals surface area contributed by atoms with Crippen molar-refractivity contribution < 1.29 is 19.4 Å². The molecule has 1 heterocycles. The van der Waals surface area contributed by atoms with Crippen molar-refractivity contribution in [1.82, 2.24) is 10.2 Å². The van der Waals surface area contributed by atoms with E-state index in [1.54, 1.807) is 6.92 Å². The second-order valence-electron chi connectivity index (χ2n) is 3.63. The molecule has 0 aliphatic carbocycles. The van der Waals surface area contributed by atoms with Crippen molar-refractivity contribution in [3.8, 4) is 0 Å². The van der Waals surface area contributed by atoms with E-state index in [-0.39, 0.29) is 6.04 Å². The maximum Gasteiger partial charge on any atom is 0.407 e. The highest BCUT2D eigenvalue weighted by Gasteiger charge is 2.30. The minimum absolute atomic E-state index is 0.0146. The first kappa shape index (κ1) is 11.8. The maximum atomic E-state index is 10.9.